The third kappa shape index (κ3) is 3.07. The molecule has 0 saturated heterocycles. The highest BCUT2D eigenvalue weighted by Gasteiger charge is 2.10. The van der Waals surface area contributed by atoms with Crippen molar-refractivity contribution in [2.24, 2.45) is 5.73 Å². The maximum Gasteiger partial charge on any atom is 0.126 e. The van der Waals surface area contributed by atoms with Gasteiger partial charge >= 0.3 is 0 Å². The van der Waals surface area contributed by atoms with Gasteiger partial charge in [-0.2, -0.15) is 0 Å². The molecule has 0 saturated carbocycles. The second-order valence-electron chi connectivity index (χ2n) is 4.12. The van der Waals surface area contributed by atoms with Crippen LogP contribution in [-0.2, 0) is 6.42 Å². The lowest BCUT2D eigenvalue weighted by atomic mass is 10.0. The highest BCUT2D eigenvalue weighted by molar-refractivity contribution is 5.21. The molecule has 0 radical (unpaired) electrons. The molecule has 0 aliphatic carbocycles. The second kappa shape index (κ2) is 5.18. The van der Waals surface area contributed by atoms with Crippen molar-refractivity contribution in [3.05, 3.63) is 59.2 Å². The summed E-state index contributed by atoms with van der Waals surface area (Å²) in [6.07, 6.45) is 1.94. The molecule has 1 heterocycles. The van der Waals surface area contributed by atoms with E-state index in [9.17, 15) is 8.78 Å². The maximum atomic E-state index is 13.0. The van der Waals surface area contributed by atoms with E-state index in [2.05, 4.69) is 9.97 Å². The Labute approximate surface area is 104 Å². The fourth-order valence-electron chi connectivity index (χ4n) is 1.77. The average molecular weight is 249 g/mol. The van der Waals surface area contributed by atoms with Crippen LogP contribution in [0.5, 0.6) is 0 Å². The number of aromatic nitrogens is 2. The Morgan fingerprint density at radius 1 is 1.22 bits per heavy atom. The summed E-state index contributed by atoms with van der Waals surface area (Å²) in [7, 11) is 0. The largest absolute Gasteiger partial charge is 0.322 e. The Balaban J connectivity index is 2.18. The number of nitrogens with two attached hydrogens (primary N) is 1. The van der Waals surface area contributed by atoms with E-state index >= 15 is 0 Å². The zero-order chi connectivity index (χ0) is 13.1. The van der Waals surface area contributed by atoms with Crippen LogP contribution in [0.2, 0.25) is 0 Å². The molecule has 2 aromatic rings. The highest BCUT2D eigenvalue weighted by atomic mass is 19.1. The Bertz CT molecular complexity index is 537. The van der Waals surface area contributed by atoms with E-state index in [4.69, 9.17) is 5.73 Å². The van der Waals surface area contributed by atoms with Crippen LogP contribution in [0.15, 0.2) is 30.5 Å². The van der Waals surface area contributed by atoms with Crippen molar-refractivity contribution in [3.8, 4) is 0 Å². The third-order valence-electron chi connectivity index (χ3n) is 2.56. The quantitative estimate of drug-likeness (QED) is 0.908. The summed E-state index contributed by atoms with van der Waals surface area (Å²) >= 11 is 0. The van der Waals surface area contributed by atoms with Crippen LogP contribution in [-0.4, -0.2) is 9.97 Å². The lowest BCUT2D eigenvalue weighted by Gasteiger charge is -2.11. The summed E-state index contributed by atoms with van der Waals surface area (Å²) < 4.78 is 26.1. The molecule has 0 fully saturated rings. The van der Waals surface area contributed by atoms with Crippen molar-refractivity contribution >= 4 is 0 Å². The van der Waals surface area contributed by atoms with Crippen LogP contribution in [0, 0.1) is 18.6 Å². The minimum absolute atomic E-state index is 0.325. The fraction of sp³-hybridized carbons (Fsp3) is 0.231. The number of benzene rings is 1. The summed E-state index contributed by atoms with van der Waals surface area (Å²) in [5.41, 5.74) is 7.13. The van der Waals surface area contributed by atoms with Gasteiger partial charge in [0.25, 0.3) is 0 Å². The third-order valence-corrected chi connectivity index (χ3v) is 2.56. The molecule has 1 unspecified atom stereocenters. The summed E-state index contributed by atoms with van der Waals surface area (Å²) in [5.74, 6) is -0.583. The standard InChI is InChI=1S/C13H13F2N3/c1-8-17-3-2-13(18-8)12(16)6-9-4-10(14)7-11(15)5-9/h2-5,7,12H,6,16H2,1H3. The van der Waals surface area contributed by atoms with Gasteiger partial charge in [0.15, 0.2) is 0 Å². The molecule has 1 aromatic heterocycles. The number of hydrogen-bond acceptors (Lipinski definition) is 3. The number of hydrogen-bond donors (Lipinski definition) is 1. The number of aryl methyl sites for hydroxylation is 1. The number of halogens is 2. The molecular weight excluding hydrogens is 236 g/mol. The SMILES string of the molecule is Cc1nccc(C(N)Cc2cc(F)cc(F)c2)n1. The van der Waals surface area contributed by atoms with Gasteiger partial charge < -0.3 is 5.73 Å². The van der Waals surface area contributed by atoms with Crippen LogP contribution in [0.4, 0.5) is 8.78 Å². The van der Waals surface area contributed by atoms with Gasteiger partial charge in [0.1, 0.15) is 17.5 Å². The molecule has 0 aliphatic heterocycles. The summed E-state index contributed by atoms with van der Waals surface area (Å²) in [4.78, 5) is 8.16. The number of nitrogens with zero attached hydrogens (tertiary/aromatic N) is 2. The van der Waals surface area contributed by atoms with Crippen LogP contribution >= 0.6 is 0 Å². The van der Waals surface area contributed by atoms with Crippen LogP contribution < -0.4 is 5.73 Å². The topological polar surface area (TPSA) is 51.8 Å². The first-order valence-corrected chi connectivity index (χ1v) is 5.54. The van der Waals surface area contributed by atoms with Crippen molar-refractivity contribution in [1.82, 2.24) is 9.97 Å². The predicted molar refractivity (Wildman–Crippen MR) is 63.8 cm³/mol. The molecule has 5 heteroatoms. The molecule has 3 nitrogen and oxygen atoms in total. The van der Waals surface area contributed by atoms with Gasteiger partial charge in [-0.05, 0) is 37.1 Å². The first-order chi connectivity index (χ1) is 8.54. The van der Waals surface area contributed by atoms with Crippen molar-refractivity contribution < 1.29 is 8.78 Å². The van der Waals surface area contributed by atoms with E-state index in [0.717, 1.165) is 6.07 Å². The molecule has 0 aliphatic rings. The van der Waals surface area contributed by atoms with Gasteiger partial charge in [-0.25, -0.2) is 18.7 Å². The van der Waals surface area contributed by atoms with Crippen molar-refractivity contribution in [1.29, 1.82) is 0 Å². The maximum absolute atomic E-state index is 13.0. The van der Waals surface area contributed by atoms with Crippen molar-refractivity contribution in [2.45, 2.75) is 19.4 Å². The van der Waals surface area contributed by atoms with E-state index in [1.54, 1.807) is 19.2 Å². The molecule has 94 valence electrons. The molecule has 1 aromatic carbocycles. The van der Waals surface area contributed by atoms with Crippen LogP contribution in [0.25, 0.3) is 0 Å². The second-order valence-corrected chi connectivity index (χ2v) is 4.12. The zero-order valence-electron chi connectivity index (χ0n) is 9.90. The van der Waals surface area contributed by atoms with Gasteiger partial charge in [0, 0.05) is 12.3 Å². The monoisotopic (exact) mass is 249 g/mol. The summed E-state index contributed by atoms with van der Waals surface area (Å²) in [5, 5.41) is 0. The Kier molecular flexibility index (Phi) is 3.62. The van der Waals surface area contributed by atoms with Crippen molar-refractivity contribution in [3.63, 3.8) is 0 Å². The lowest BCUT2D eigenvalue weighted by Crippen LogP contribution is -2.15. The van der Waals surface area contributed by atoms with E-state index in [1.807, 2.05) is 0 Å². The highest BCUT2D eigenvalue weighted by Crippen LogP contribution is 2.16. The molecular formula is C13H13F2N3. The Morgan fingerprint density at radius 2 is 1.89 bits per heavy atom. The van der Waals surface area contributed by atoms with Gasteiger partial charge in [-0.15, -0.1) is 0 Å². The van der Waals surface area contributed by atoms with Crippen LogP contribution in [0.3, 0.4) is 0 Å². The van der Waals surface area contributed by atoms with E-state index in [-0.39, 0.29) is 0 Å². The molecule has 0 bridgehead atoms. The molecule has 0 spiro atoms. The molecule has 18 heavy (non-hydrogen) atoms. The minimum atomic E-state index is -0.601. The molecule has 2 rings (SSSR count). The Hall–Kier alpha value is -1.88. The molecule has 0 amide bonds. The van der Waals surface area contributed by atoms with Gasteiger partial charge in [-0.1, -0.05) is 0 Å². The van der Waals surface area contributed by atoms with Gasteiger partial charge in [0.05, 0.1) is 11.7 Å². The van der Waals surface area contributed by atoms with Gasteiger partial charge in [-0.3, -0.25) is 0 Å². The first kappa shape index (κ1) is 12.6. The first-order valence-electron chi connectivity index (χ1n) is 5.54. The van der Waals surface area contributed by atoms with Gasteiger partial charge in [0.2, 0.25) is 0 Å². The van der Waals surface area contributed by atoms with E-state index in [1.165, 1.54) is 12.1 Å². The van der Waals surface area contributed by atoms with Crippen molar-refractivity contribution in [2.75, 3.05) is 0 Å². The summed E-state index contributed by atoms with van der Waals surface area (Å²) in [6, 6.07) is 4.68. The zero-order valence-corrected chi connectivity index (χ0v) is 9.90. The fourth-order valence-corrected chi connectivity index (χ4v) is 1.77. The molecule has 1 atom stereocenters. The minimum Gasteiger partial charge on any atom is -0.322 e. The average Bonchev–Trinajstić information content (AvgIpc) is 2.27. The predicted octanol–water partition coefficient (Wildman–Crippen LogP) is 2.31. The smallest absolute Gasteiger partial charge is 0.126 e. The van der Waals surface area contributed by atoms with Crippen LogP contribution in [0.1, 0.15) is 23.1 Å². The normalized spacial score (nSPS) is 12.4. The lowest BCUT2D eigenvalue weighted by molar-refractivity contribution is 0.575. The summed E-state index contributed by atoms with van der Waals surface area (Å²) in [6.45, 7) is 1.76. The Morgan fingerprint density at radius 3 is 2.50 bits per heavy atom. The molecule has 2 N–H and O–H groups in total. The van der Waals surface area contributed by atoms with E-state index < -0.39 is 17.7 Å². The van der Waals surface area contributed by atoms with E-state index in [0.29, 0.717) is 23.5 Å². The number of rotatable bonds is 3.